The van der Waals surface area contributed by atoms with Gasteiger partial charge in [-0.05, 0) is 6.54 Å². The second kappa shape index (κ2) is 6.53. The van der Waals surface area contributed by atoms with Crippen LogP contribution in [0.1, 0.15) is 13.3 Å². The number of aliphatic hydroxyl groups excluding tert-OH is 1. The molecular formula is C7H14N2O. The maximum absolute atomic E-state index is 8.69. The molecule has 0 radical (unpaired) electrons. The molecule has 0 aromatic heterocycles. The molecule has 0 aliphatic carbocycles. The quantitative estimate of drug-likeness (QED) is 0.573. The predicted octanol–water partition coefficient (Wildman–Crippen LogP) is 0.118. The van der Waals surface area contributed by atoms with E-state index in [1.54, 1.807) is 0 Å². The largest absolute Gasteiger partial charge is 0.396 e. The summed E-state index contributed by atoms with van der Waals surface area (Å²) in [6.45, 7) is 3.73. The Morgan fingerprint density at radius 3 is 2.80 bits per heavy atom. The summed E-state index contributed by atoms with van der Waals surface area (Å²) in [6, 6.07) is 2.03. The van der Waals surface area contributed by atoms with Crippen LogP contribution in [0.25, 0.3) is 0 Å². The molecule has 0 heterocycles. The maximum atomic E-state index is 8.69. The lowest BCUT2D eigenvalue weighted by molar-refractivity contribution is 0.225. The minimum atomic E-state index is 0.0978. The molecule has 3 heteroatoms. The van der Waals surface area contributed by atoms with E-state index in [4.69, 9.17) is 10.4 Å². The van der Waals surface area contributed by atoms with Gasteiger partial charge in [0, 0.05) is 25.5 Å². The third kappa shape index (κ3) is 4.30. The Morgan fingerprint density at radius 2 is 2.40 bits per heavy atom. The van der Waals surface area contributed by atoms with Gasteiger partial charge in [-0.1, -0.05) is 6.92 Å². The maximum Gasteiger partial charge on any atom is 0.0626 e. The van der Waals surface area contributed by atoms with Crippen LogP contribution in [-0.2, 0) is 0 Å². The summed E-state index contributed by atoms with van der Waals surface area (Å²) in [6.07, 6.45) is 0.434. The van der Waals surface area contributed by atoms with Crippen molar-refractivity contribution in [2.75, 3.05) is 19.7 Å². The van der Waals surface area contributed by atoms with Gasteiger partial charge in [-0.15, -0.1) is 0 Å². The van der Waals surface area contributed by atoms with E-state index in [1.165, 1.54) is 0 Å². The van der Waals surface area contributed by atoms with Crippen molar-refractivity contribution in [1.82, 2.24) is 5.32 Å². The summed E-state index contributed by atoms with van der Waals surface area (Å²) in [5.74, 6) is 0.102. The highest BCUT2D eigenvalue weighted by atomic mass is 16.3. The zero-order valence-electron chi connectivity index (χ0n) is 6.30. The molecule has 0 aliphatic heterocycles. The van der Waals surface area contributed by atoms with E-state index in [0.717, 1.165) is 13.1 Å². The molecule has 0 aromatic rings. The summed E-state index contributed by atoms with van der Waals surface area (Å²) in [7, 11) is 0. The molecule has 0 fully saturated rings. The molecular weight excluding hydrogens is 128 g/mol. The average molecular weight is 142 g/mol. The monoisotopic (exact) mass is 142 g/mol. The zero-order chi connectivity index (χ0) is 7.82. The third-order valence-corrected chi connectivity index (χ3v) is 1.32. The highest BCUT2D eigenvalue weighted by Crippen LogP contribution is 1.97. The Balaban J connectivity index is 3.32. The van der Waals surface area contributed by atoms with Crippen LogP contribution in [0.3, 0.4) is 0 Å². The molecule has 0 aromatic carbocycles. The highest BCUT2D eigenvalue weighted by Gasteiger charge is 2.04. The molecule has 1 unspecified atom stereocenters. The lowest BCUT2D eigenvalue weighted by Crippen LogP contribution is -2.24. The number of rotatable bonds is 5. The molecule has 0 rings (SSSR count). The van der Waals surface area contributed by atoms with Crippen LogP contribution in [0.2, 0.25) is 0 Å². The fourth-order valence-corrected chi connectivity index (χ4v) is 0.679. The third-order valence-electron chi connectivity index (χ3n) is 1.32. The van der Waals surface area contributed by atoms with Gasteiger partial charge in [-0.2, -0.15) is 5.26 Å². The summed E-state index contributed by atoms with van der Waals surface area (Å²) < 4.78 is 0. The average Bonchev–Trinajstić information content (AvgIpc) is 1.98. The summed E-state index contributed by atoms with van der Waals surface area (Å²) in [4.78, 5) is 0. The molecule has 10 heavy (non-hydrogen) atoms. The van der Waals surface area contributed by atoms with Gasteiger partial charge in [0.2, 0.25) is 0 Å². The van der Waals surface area contributed by atoms with Crippen LogP contribution < -0.4 is 5.32 Å². The molecule has 58 valence electrons. The molecule has 2 N–H and O–H groups in total. The van der Waals surface area contributed by atoms with E-state index in [0.29, 0.717) is 6.42 Å². The molecule has 0 saturated carbocycles. The second-order valence-electron chi connectivity index (χ2n) is 2.22. The van der Waals surface area contributed by atoms with E-state index >= 15 is 0 Å². The van der Waals surface area contributed by atoms with Crippen LogP contribution in [0.5, 0.6) is 0 Å². The number of nitriles is 1. The van der Waals surface area contributed by atoms with E-state index < -0.39 is 0 Å². The standard InChI is InChI=1S/C7H14N2O/c1-2-9-5-7(6-10)3-4-8/h7,9-10H,2-3,5-6H2,1H3. The van der Waals surface area contributed by atoms with Gasteiger partial charge >= 0.3 is 0 Å². The van der Waals surface area contributed by atoms with Gasteiger partial charge in [0.15, 0.2) is 0 Å². The summed E-state index contributed by atoms with van der Waals surface area (Å²) in [5.41, 5.74) is 0. The van der Waals surface area contributed by atoms with Gasteiger partial charge in [-0.25, -0.2) is 0 Å². The first-order valence-electron chi connectivity index (χ1n) is 3.53. The van der Waals surface area contributed by atoms with Crippen molar-refractivity contribution in [3.63, 3.8) is 0 Å². The van der Waals surface area contributed by atoms with Crippen molar-refractivity contribution in [2.45, 2.75) is 13.3 Å². The lowest BCUT2D eigenvalue weighted by Gasteiger charge is -2.08. The fourth-order valence-electron chi connectivity index (χ4n) is 0.679. The van der Waals surface area contributed by atoms with E-state index in [2.05, 4.69) is 5.32 Å². The number of nitrogens with one attached hydrogen (secondary N) is 1. The molecule has 3 nitrogen and oxygen atoms in total. The Labute approximate surface area is 61.7 Å². The van der Waals surface area contributed by atoms with E-state index in [1.807, 2.05) is 13.0 Å². The van der Waals surface area contributed by atoms with Crippen LogP contribution in [0.4, 0.5) is 0 Å². The molecule has 0 bridgehead atoms. The van der Waals surface area contributed by atoms with Crippen LogP contribution in [0, 0.1) is 17.2 Å². The normalized spacial score (nSPS) is 12.5. The van der Waals surface area contributed by atoms with Crippen molar-refractivity contribution in [3.8, 4) is 6.07 Å². The van der Waals surface area contributed by atoms with Crippen molar-refractivity contribution >= 4 is 0 Å². The summed E-state index contributed by atoms with van der Waals surface area (Å²) >= 11 is 0. The zero-order valence-corrected chi connectivity index (χ0v) is 6.30. The Kier molecular flexibility index (Phi) is 6.14. The number of hydrogen-bond donors (Lipinski definition) is 2. The van der Waals surface area contributed by atoms with E-state index in [9.17, 15) is 0 Å². The lowest BCUT2D eigenvalue weighted by atomic mass is 10.1. The Bertz CT molecular complexity index is 109. The Morgan fingerprint density at radius 1 is 1.70 bits per heavy atom. The SMILES string of the molecule is CCNCC(CO)CC#N. The van der Waals surface area contributed by atoms with E-state index in [-0.39, 0.29) is 12.5 Å². The number of aliphatic hydroxyl groups is 1. The molecule has 1 atom stereocenters. The van der Waals surface area contributed by atoms with Gasteiger partial charge in [0.1, 0.15) is 0 Å². The first kappa shape index (κ1) is 9.41. The van der Waals surface area contributed by atoms with Crippen LogP contribution >= 0.6 is 0 Å². The second-order valence-corrected chi connectivity index (χ2v) is 2.22. The van der Waals surface area contributed by atoms with Gasteiger partial charge in [0.05, 0.1) is 6.07 Å². The smallest absolute Gasteiger partial charge is 0.0626 e. The molecule has 0 spiro atoms. The first-order valence-corrected chi connectivity index (χ1v) is 3.53. The van der Waals surface area contributed by atoms with Crippen molar-refractivity contribution in [1.29, 1.82) is 5.26 Å². The van der Waals surface area contributed by atoms with Gasteiger partial charge in [0.25, 0.3) is 0 Å². The minimum Gasteiger partial charge on any atom is -0.396 e. The highest BCUT2D eigenvalue weighted by molar-refractivity contribution is 4.76. The molecule has 0 amide bonds. The van der Waals surface area contributed by atoms with Crippen molar-refractivity contribution < 1.29 is 5.11 Å². The van der Waals surface area contributed by atoms with Gasteiger partial charge in [-0.3, -0.25) is 0 Å². The van der Waals surface area contributed by atoms with Crippen molar-refractivity contribution in [2.24, 2.45) is 5.92 Å². The summed E-state index contributed by atoms with van der Waals surface area (Å²) in [5, 5.41) is 20.0. The van der Waals surface area contributed by atoms with Crippen molar-refractivity contribution in [3.05, 3.63) is 0 Å². The number of hydrogen-bond acceptors (Lipinski definition) is 3. The first-order chi connectivity index (χ1) is 4.85. The Hall–Kier alpha value is -0.590. The van der Waals surface area contributed by atoms with Crippen LogP contribution in [-0.4, -0.2) is 24.8 Å². The molecule has 0 aliphatic rings. The van der Waals surface area contributed by atoms with Crippen LogP contribution in [0.15, 0.2) is 0 Å². The van der Waals surface area contributed by atoms with Gasteiger partial charge < -0.3 is 10.4 Å². The molecule has 0 saturated heterocycles. The predicted molar refractivity (Wildman–Crippen MR) is 39.3 cm³/mol. The minimum absolute atomic E-state index is 0.0978. The number of nitrogens with zero attached hydrogens (tertiary/aromatic N) is 1. The topological polar surface area (TPSA) is 56.0 Å². The fraction of sp³-hybridized carbons (Fsp3) is 0.857.